The smallest absolute Gasteiger partial charge is 0.340 e. The van der Waals surface area contributed by atoms with Crippen molar-refractivity contribution >= 4 is 33.3 Å². The van der Waals surface area contributed by atoms with E-state index in [4.69, 9.17) is 16.3 Å². The number of ether oxygens (including phenoxy) is 1. The molecule has 1 aromatic carbocycles. The van der Waals surface area contributed by atoms with Gasteiger partial charge < -0.3 is 4.74 Å². The Morgan fingerprint density at radius 3 is 2.65 bits per heavy atom. The van der Waals surface area contributed by atoms with Crippen LogP contribution in [0.1, 0.15) is 17.3 Å². The van der Waals surface area contributed by atoms with Crippen molar-refractivity contribution in [3.05, 3.63) is 28.8 Å². The first-order chi connectivity index (χ1) is 7.83. The molecule has 0 saturated heterocycles. The van der Waals surface area contributed by atoms with Gasteiger partial charge in [-0.15, -0.1) is 0 Å². The van der Waals surface area contributed by atoms with Crippen LogP contribution in [-0.2, 0) is 14.8 Å². The Morgan fingerprint density at radius 2 is 2.12 bits per heavy atom. The average molecular weight is 278 g/mol. The molecule has 1 N–H and O–H groups in total. The van der Waals surface area contributed by atoms with Crippen LogP contribution < -0.4 is 4.72 Å². The number of nitrogens with one attached hydrogen (secondary N) is 1. The van der Waals surface area contributed by atoms with Gasteiger partial charge in [-0.25, -0.2) is 13.2 Å². The molecule has 0 aromatic heterocycles. The number of hydrogen-bond acceptors (Lipinski definition) is 4. The molecule has 0 amide bonds. The van der Waals surface area contributed by atoms with Crippen LogP contribution in [0.4, 0.5) is 5.69 Å². The fourth-order valence-electron chi connectivity index (χ4n) is 1.18. The summed E-state index contributed by atoms with van der Waals surface area (Å²) in [7, 11) is -3.46. The van der Waals surface area contributed by atoms with Crippen molar-refractivity contribution in [3.63, 3.8) is 0 Å². The lowest BCUT2D eigenvalue weighted by atomic mass is 10.2. The number of anilines is 1. The van der Waals surface area contributed by atoms with Crippen LogP contribution >= 0.6 is 11.6 Å². The second-order valence-corrected chi connectivity index (χ2v) is 5.47. The van der Waals surface area contributed by atoms with E-state index in [9.17, 15) is 13.2 Å². The van der Waals surface area contributed by atoms with Gasteiger partial charge in [-0.1, -0.05) is 11.6 Å². The van der Waals surface area contributed by atoms with Gasteiger partial charge >= 0.3 is 5.97 Å². The summed E-state index contributed by atoms with van der Waals surface area (Å²) in [5.41, 5.74) is 0.236. The first-order valence-corrected chi connectivity index (χ1v) is 7.05. The number of sulfonamides is 1. The van der Waals surface area contributed by atoms with Crippen LogP contribution in [0.2, 0.25) is 5.02 Å². The van der Waals surface area contributed by atoms with Gasteiger partial charge in [0.15, 0.2) is 0 Å². The topological polar surface area (TPSA) is 72.5 Å². The molecule has 0 spiro atoms. The van der Waals surface area contributed by atoms with Crippen molar-refractivity contribution in [2.75, 3.05) is 17.6 Å². The van der Waals surface area contributed by atoms with Gasteiger partial charge in [-0.05, 0) is 25.1 Å². The molecular formula is C10H12ClNO4S. The molecule has 17 heavy (non-hydrogen) atoms. The summed E-state index contributed by atoms with van der Waals surface area (Å²) in [5, 5.41) is 0.326. The third kappa shape index (κ3) is 4.24. The molecule has 0 aliphatic rings. The van der Waals surface area contributed by atoms with E-state index in [-0.39, 0.29) is 17.9 Å². The first-order valence-electron chi connectivity index (χ1n) is 4.78. The molecule has 0 fully saturated rings. The van der Waals surface area contributed by atoms with Crippen LogP contribution in [0, 0.1) is 0 Å². The van der Waals surface area contributed by atoms with E-state index in [1.807, 2.05) is 0 Å². The van der Waals surface area contributed by atoms with E-state index in [0.717, 1.165) is 6.26 Å². The Morgan fingerprint density at radius 1 is 1.47 bits per heavy atom. The van der Waals surface area contributed by atoms with Crippen LogP contribution in [0.15, 0.2) is 18.2 Å². The third-order valence-electron chi connectivity index (χ3n) is 1.77. The van der Waals surface area contributed by atoms with Crippen LogP contribution in [0.25, 0.3) is 0 Å². The molecular weight excluding hydrogens is 266 g/mol. The number of carbonyl (C=O) groups is 1. The number of benzene rings is 1. The van der Waals surface area contributed by atoms with E-state index in [1.165, 1.54) is 18.2 Å². The van der Waals surface area contributed by atoms with Crippen molar-refractivity contribution in [2.45, 2.75) is 6.92 Å². The van der Waals surface area contributed by atoms with Crippen molar-refractivity contribution in [3.8, 4) is 0 Å². The zero-order valence-corrected chi connectivity index (χ0v) is 10.9. The molecule has 0 heterocycles. The molecule has 0 radical (unpaired) electrons. The zero-order valence-electron chi connectivity index (χ0n) is 9.36. The summed E-state index contributed by atoms with van der Waals surface area (Å²) in [6.07, 6.45) is 0.997. The van der Waals surface area contributed by atoms with Crippen LogP contribution in [0.3, 0.4) is 0 Å². The van der Waals surface area contributed by atoms with Gasteiger partial charge in [0.2, 0.25) is 10.0 Å². The van der Waals surface area contributed by atoms with Gasteiger partial charge in [0.05, 0.1) is 24.1 Å². The molecule has 94 valence electrons. The van der Waals surface area contributed by atoms with Crippen molar-refractivity contribution in [1.29, 1.82) is 0 Å². The standard InChI is InChI=1S/C10H12ClNO4S/c1-3-16-10(13)8-6-7(11)4-5-9(8)12-17(2,14)15/h4-6,12H,3H2,1-2H3. The second-order valence-electron chi connectivity index (χ2n) is 3.28. The third-order valence-corrected chi connectivity index (χ3v) is 2.60. The monoisotopic (exact) mass is 277 g/mol. The molecule has 1 rings (SSSR count). The summed E-state index contributed by atoms with van der Waals surface area (Å²) in [5.74, 6) is -0.624. The lowest BCUT2D eigenvalue weighted by Gasteiger charge is -2.10. The van der Waals surface area contributed by atoms with Crippen molar-refractivity contribution in [2.24, 2.45) is 0 Å². The van der Waals surface area contributed by atoms with Crippen molar-refractivity contribution < 1.29 is 17.9 Å². The van der Waals surface area contributed by atoms with Crippen LogP contribution in [0.5, 0.6) is 0 Å². The van der Waals surface area contributed by atoms with E-state index in [1.54, 1.807) is 6.92 Å². The zero-order chi connectivity index (χ0) is 13.1. The summed E-state index contributed by atoms with van der Waals surface area (Å²) in [6, 6.07) is 4.25. The maximum Gasteiger partial charge on any atom is 0.340 e. The predicted molar refractivity (Wildman–Crippen MR) is 65.9 cm³/mol. The van der Waals surface area contributed by atoms with Crippen LogP contribution in [-0.4, -0.2) is 27.2 Å². The van der Waals surface area contributed by atoms with Crippen molar-refractivity contribution in [1.82, 2.24) is 0 Å². The van der Waals surface area contributed by atoms with Gasteiger partial charge in [0, 0.05) is 5.02 Å². The van der Waals surface area contributed by atoms with E-state index >= 15 is 0 Å². The molecule has 1 aromatic rings. The SMILES string of the molecule is CCOC(=O)c1cc(Cl)ccc1NS(C)(=O)=O. The maximum absolute atomic E-state index is 11.6. The molecule has 0 aliphatic heterocycles. The fraction of sp³-hybridized carbons (Fsp3) is 0.300. The Balaban J connectivity index is 3.17. The first kappa shape index (κ1) is 13.8. The van der Waals surface area contributed by atoms with Gasteiger partial charge in [-0.3, -0.25) is 4.72 Å². The lowest BCUT2D eigenvalue weighted by molar-refractivity contribution is 0.0527. The van der Waals surface area contributed by atoms with E-state index in [2.05, 4.69) is 4.72 Å². The number of halogens is 1. The summed E-state index contributed by atoms with van der Waals surface area (Å²) >= 11 is 5.75. The van der Waals surface area contributed by atoms with E-state index in [0.29, 0.717) is 5.02 Å². The number of rotatable bonds is 4. The molecule has 7 heteroatoms. The molecule has 5 nitrogen and oxygen atoms in total. The summed E-state index contributed by atoms with van der Waals surface area (Å²) < 4.78 is 29.3. The normalized spacial score (nSPS) is 11.0. The minimum atomic E-state index is -3.46. The second kappa shape index (κ2) is 5.37. The molecule has 0 unspecified atom stereocenters. The maximum atomic E-state index is 11.6. The Labute approximate surface area is 105 Å². The fourth-order valence-corrected chi connectivity index (χ4v) is 1.93. The lowest BCUT2D eigenvalue weighted by Crippen LogP contribution is -2.14. The molecule has 0 aliphatic carbocycles. The Hall–Kier alpha value is -1.27. The van der Waals surface area contributed by atoms with Gasteiger partial charge in [-0.2, -0.15) is 0 Å². The highest BCUT2D eigenvalue weighted by Gasteiger charge is 2.15. The number of hydrogen-bond donors (Lipinski definition) is 1. The minimum Gasteiger partial charge on any atom is -0.462 e. The predicted octanol–water partition coefficient (Wildman–Crippen LogP) is 1.89. The summed E-state index contributed by atoms with van der Waals surface area (Å²) in [6.45, 7) is 1.86. The number of esters is 1. The highest BCUT2D eigenvalue weighted by atomic mass is 35.5. The number of carbonyl (C=O) groups excluding carboxylic acids is 1. The molecule has 0 atom stereocenters. The minimum absolute atomic E-state index is 0.0878. The Bertz CT molecular complexity index is 527. The Kier molecular flexibility index (Phi) is 4.36. The largest absolute Gasteiger partial charge is 0.462 e. The van der Waals surface area contributed by atoms with Gasteiger partial charge in [0.25, 0.3) is 0 Å². The molecule has 0 saturated carbocycles. The highest BCUT2D eigenvalue weighted by molar-refractivity contribution is 7.92. The highest BCUT2D eigenvalue weighted by Crippen LogP contribution is 2.22. The average Bonchev–Trinajstić information content (AvgIpc) is 2.19. The quantitative estimate of drug-likeness (QED) is 0.853. The van der Waals surface area contributed by atoms with E-state index < -0.39 is 16.0 Å². The summed E-state index contributed by atoms with van der Waals surface area (Å²) in [4.78, 5) is 11.6. The molecule has 0 bridgehead atoms. The van der Waals surface area contributed by atoms with Gasteiger partial charge in [0.1, 0.15) is 0 Å².